The third-order valence-corrected chi connectivity index (χ3v) is 4.55. The van der Waals surface area contributed by atoms with Crippen LogP contribution >= 0.6 is 0 Å². The molecule has 0 saturated carbocycles. The van der Waals surface area contributed by atoms with Gasteiger partial charge in [-0.05, 0) is 36.4 Å². The topological polar surface area (TPSA) is 105 Å². The van der Waals surface area contributed by atoms with Crippen LogP contribution in [0.15, 0.2) is 79.1 Å². The van der Waals surface area contributed by atoms with Gasteiger partial charge in [-0.3, -0.25) is 9.78 Å². The summed E-state index contributed by atoms with van der Waals surface area (Å²) in [5.74, 6) is -1.19. The number of nitrogens with zero attached hydrogens (tertiary/aromatic N) is 3. The van der Waals surface area contributed by atoms with Crippen molar-refractivity contribution in [2.75, 3.05) is 11.9 Å². The summed E-state index contributed by atoms with van der Waals surface area (Å²) in [7, 11) is 0. The van der Waals surface area contributed by atoms with E-state index in [2.05, 4.69) is 15.3 Å². The molecular formula is C24H16N4O3. The van der Waals surface area contributed by atoms with Gasteiger partial charge in [0.15, 0.2) is 6.61 Å². The molecule has 4 aromatic rings. The van der Waals surface area contributed by atoms with Crippen LogP contribution in [-0.4, -0.2) is 28.5 Å². The van der Waals surface area contributed by atoms with Crippen molar-refractivity contribution in [2.24, 2.45) is 0 Å². The number of ether oxygens (including phenoxy) is 1. The van der Waals surface area contributed by atoms with Gasteiger partial charge in [0.1, 0.15) is 6.07 Å². The highest BCUT2D eigenvalue weighted by Gasteiger charge is 2.17. The van der Waals surface area contributed by atoms with Crippen LogP contribution in [-0.2, 0) is 9.53 Å². The van der Waals surface area contributed by atoms with Gasteiger partial charge in [-0.1, -0.05) is 30.3 Å². The number of carbonyl (C=O) groups is 2. The summed E-state index contributed by atoms with van der Waals surface area (Å²) >= 11 is 0. The summed E-state index contributed by atoms with van der Waals surface area (Å²) in [6.45, 7) is -0.489. The monoisotopic (exact) mass is 408 g/mol. The summed E-state index contributed by atoms with van der Waals surface area (Å²) in [5, 5.41) is 12.3. The minimum Gasteiger partial charge on any atom is -0.452 e. The lowest BCUT2D eigenvalue weighted by Crippen LogP contribution is -2.21. The SMILES string of the molecule is N#Cc1ccccc1NC(=O)COC(=O)c1cc(-c2cccnc2)nc2ccccc12. The lowest BCUT2D eigenvalue weighted by atomic mass is 10.1. The quantitative estimate of drug-likeness (QED) is 0.501. The number of anilines is 1. The highest BCUT2D eigenvalue weighted by atomic mass is 16.5. The van der Waals surface area contributed by atoms with Gasteiger partial charge in [0, 0.05) is 23.3 Å². The van der Waals surface area contributed by atoms with Gasteiger partial charge in [0.2, 0.25) is 0 Å². The first-order valence-corrected chi connectivity index (χ1v) is 9.42. The second-order valence-electron chi connectivity index (χ2n) is 6.60. The number of nitriles is 1. The molecule has 0 aliphatic carbocycles. The molecule has 0 atom stereocenters. The maximum Gasteiger partial charge on any atom is 0.339 e. The number of esters is 1. The van der Waals surface area contributed by atoms with E-state index in [1.54, 1.807) is 67.0 Å². The fourth-order valence-electron chi connectivity index (χ4n) is 3.09. The van der Waals surface area contributed by atoms with Crippen molar-refractivity contribution in [2.45, 2.75) is 0 Å². The van der Waals surface area contributed by atoms with Gasteiger partial charge >= 0.3 is 5.97 Å². The van der Waals surface area contributed by atoms with Crippen molar-refractivity contribution in [3.05, 3.63) is 90.3 Å². The van der Waals surface area contributed by atoms with E-state index in [9.17, 15) is 9.59 Å². The van der Waals surface area contributed by atoms with E-state index >= 15 is 0 Å². The van der Waals surface area contributed by atoms with Crippen LogP contribution in [0.2, 0.25) is 0 Å². The van der Waals surface area contributed by atoms with E-state index in [-0.39, 0.29) is 0 Å². The highest BCUT2D eigenvalue weighted by molar-refractivity contribution is 6.05. The number of hydrogen-bond acceptors (Lipinski definition) is 6. The molecule has 0 fully saturated rings. The maximum atomic E-state index is 12.8. The Bertz CT molecular complexity index is 1310. The minimum absolute atomic E-state index is 0.301. The second kappa shape index (κ2) is 8.84. The number of nitrogens with one attached hydrogen (secondary N) is 1. The van der Waals surface area contributed by atoms with E-state index in [0.29, 0.717) is 33.4 Å². The molecule has 2 heterocycles. The Labute approximate surface area is 178 Å². The van der Waals surface area contributed by atoms with Crippen LogP contribution < -0.4 is 5.32 Å². The van der Waals surface area contributed by atoms with Crippen molar-refractivity contribution in [1.82, 2.24) is 9.97 Å². The second-order valence-corrected chi connectivity index (χ2v) is 6.60. The van der Waals surface area contributed by atoms with Gasteiger partial charge in [-0.2, -0.15) is 5.26 Å². The van der Waals surface area contributed by atoms with Gasteiger partial charge in [0.05, 0.1) is 28.0 Å². The van der Waals surface area contributed by atoms with E-state index < -0.39 is 18.5 Å². The third-order valence-electron chi connectivity index (χ3n) is 4.55. The smallest absolute Gasteiger partial charge is 0.339 e. The Hall–Kier alpha value is -4.57. The molecule has 0 spiro atoms. The van der Waals surface area contributed by atoms with Crippen molar-refractivity contribution in [1.29, 1.82) is 5.26 Å². The van der Waals surface area contributed by atoms with E-state index in [1.807, 2.05) is 18.2 Å². The number of rotatable bonds is 5. The normalized spacial score (nSPS) is 10.3. The lowest BCUT2D eigenvalue weighted by Gasteiger charge is -2.11. The highest BCUT2D eigenvalue weighted by Crippen LogP contribution is 2.25. The molecular weight excluding hydrogens is 392 g/mol. The first-order valence-electron chi connectivity index (χ1n) is 9.42. The van der Waals surface area contributed by atoms with Crippen LogP contribution in [0.1, 0.15) is 15.9 Å². The number of fused-ring (bicyclic) bond motifs is 1. The summed E-state index contributed by atoms with van der Waals surface area (Å²) in [5.41, 5.74) is 2.94. The number of hydrogen-bond donors (Lipinski definition) is 1. The Morgan fingerprint density at radius 1 is 1.03 bits per heavy atom. The van der Waals surface area contributed by atoms with Gasteiger partial charge in [0.25, 0.3) is 5.91 Å². The van der Waals surface area contributed by atoms with Gasteiger partial charge in [-0.15, -0.1) is 0 Å². The van der Waals surface area contributed by atoms with Crippen molar-refractivity contribution in [3.63, 3.8) is 0 Å². The molecule has 2 aromatic carbocycles. The fraction of sp³-hybridized carbons (Fsp3) is 0.0417. The molecule has 0 radical (unpaired) electrons. The van der Waals surface area contributed by atoms with Crippen molar-refractivity contribution >= 4 is 28.5 Å². The van der Waals surface area contributed by atoms with E-state index in [4.69, 9.17) is 10.00 Å². The fourth-order valence-corrected chi connectivity index (χ4v) is 3.09. The predicted molar refractivity (Wildman–Crippen MR) is 115 cm³/mol. The van der Waals surface area contributed by atoms with Crippen molar-refractivity contribution in [3.8, 4) is 17.3 Å². The molecule has 0 unspecified atom stereocenters. The largest absolute Gasteiger partial charge is 0.452 e. The molecule has 1 amide bonds. The number of benzene rings is 2. The number of aromatic nitrogens is 2. The molecule has 31 heavy (non-hydrogen) atoms. The maximum absolute atomic E-state index is 12.8. The lowest BCUT2D eigenvalue weighted by molar-refractivity contribution is -0.119. The first-order chi connectivity index (χ1) is 15.2. The van der Waals surface area contributed by atoms with Crippen LogP contribution in [0.5, 0.6) is 0 Å². The molecule has 0 saturated heterocycles. The Morgan fingerprint density at radius 2 is 1.84 bits per heavy atom. The molecule has 0 aliphatic rings. The van der Waals surface area contributed by atoms with E-state index in [1.165, 1.54) is 0 Å². The van der Waals surface area contributed by atoms with Gasteiger partial charge in [-0.25, -0.2) is 9.78 Å². The zero-order valence-electron chi connectivity index (χ0n) is 16.3. The zero-order chi connectivity index (χ0) is 21.6. The molecule has 150 valence electrons. The number of pyridine rings is 2. The molecule has 1 N–H and O–H groups in total. The standard InChI is InChI=1S/C24H16N4O3/c25-13-16-6-1-3-9-20(16)28-23(29)15-31-24(30)19-12-22(17-7-5-11-26-14-17)27-21-10-4-2-8-18(19)21/h1-12,14H,15H2,(H,28,29). The van der Waals surface area contributed by atoms with Crippen LogP contribution in [0.4, 0.5) is 5.69 Å². The average Bonchev–Trinajstić information content (AvgIpc) is 2.82. The molecule has 0 bridgehead atoms. The zero-order valence-corrected chi connectivity index (χ0v) is 16.3. The Balaban J connectivity index is 1.56. The summed E-state index contributed by atoms with van der Waals surface area (Å²) in [4.78, 5) is 33.8. The van der Waals surface area contributed by atoms with Crippen LogP contribution in [0.25, 0.3) is 22.2 Å². The van der Waals surface area contributed by atoms with Crippen LogP contribution in [0, 0.1) is 11.3 Å². The number of amides is 1. The van der Waals surface area contributed by atoms with E-state index in [0.717, 1.165) is 5.56 Å². The summed E-state index contributed by atoms with van der Waals surface area (Å²) in [6.07, 6.45) is 3.31. The first kappa shape index (κ1) is 19.7. The number of para-hydroxylation sites is 2. The summed E-state index contributed by atoms with van der Waals surface area (Å²) in [6, 6.07) is 21.1. The summed E-state index contributed by atoms with van der Waals surface area (Å²) < 4.78 is 5.26. The Morgan fingerprint density at radius 3 is 2.65 bits per heavy atom. The minimum atomic E-state index is -0.646. The Kier molecular flexibility index (Phi) is 5.63. The average molecular weight is 408 g/mol. The third kappa shape index (κ3) is 4.38. The molecule has 4 rings (SSSR count). The molecule has 7 nitrogen and oxygen atoms in total. The molecule has 2 aromatic heterocycles. The van der Waals surface area contributed by atoms with Crippen LogP contribution in [0.3, 0.4) is 0 Å². The molecule has 7 heteroatoms. The molecule has 0 aliphatic heterocycles. The predicted octanol–water partition coefficient (Wildman–Crippen LogP) is 3.96. The van der Waals surface area contributed by atoms with Gasteiger partial charge < -0.3 is 10.1 Å². The number of carbonyl (C=O) groups excluding carboxylic acids is 2. The van der Waals surface area contributed by atoms with Crippen molar-refractivity contribution < 1.29 is 14.3 Å².